The number of aromatic nitrogens is 1. The highest BCUT2D eigenvalue weighted by atomic mass is 32.1. The number of rotatable bonds is 3. The van der Waals surface area contributed by atoms with Gasteiger partial charge in [0.25, 0.3) is 0 Å². The summed E-state index contributed by atoms with van der Waals surface area (Å²) in [5.41, 5.74) is 2.58. The zero-order valence-corrected chi connectivity index (χ0v) is 16.1. The zero-order chi connectivity index (χ0) is 19.3. The van der Waals surface area contributed by atoms with E-state index >= 15 is 0 Å². The number of thiazole rings is 1. The topological polar surface area (TPSA) is 62.3 Å². The maximum absolute atomic E-state index is 13.4. The molecule has 1 aromatic heterocycles. The van der Waals surface area contributed by atoms with Crippen molar-refractivity contribution in [3.05, 3.63) is 82.3 Å². The van der Waals surface area contributed by atoms with Crippen LogP contribution < -0.4 is 10.2 Å². The monoisotopic (exact) mass is 389 g/mol. The standard InChI is InChI=1S/C22H19N3O2S/c1-13-12-28-20(23-13)19-17-16(18(24-19)14-8-4-2-5-9-14)21(26)25(22(17)27)15-10-6-3-7-11-15/h2-12,16-19,24H,1H3/t16-,17+,18+,19+/m1/s1. The minimum Gasteiger partial charge on any atom is -0.300 e. The number of nitrogens with one attached hydrogen (secondary N) is 1. The first kappa shape index (κ1) is 17.3. The first-order valence-electron chi connectivity index (χ1n) is 9.31. The normalized spacial score (nSPS) is 26.7. The van der Waals surface area contributed by atoms with E-state index in [1.54, 1.807) is 0 Å². The van der Waals surface area contributed by atoms with Crippen molar-refractivity contribution in [1.82, 2.24) is 10.3 Å². The van der Waals surface area contributed by atoms with E-state index in [2.05, 4.69) is 10.3 Å². The molecule has 0 spiro atoms. The van der Waals surface area contributed by atoms with Crippen LogP contribution >= 0.6 is 11.3 Å². The number of nitrogens with zero attached hydrogens (tertiary/aromatic N) is 2. The van der Waals surface area contributed by atoms with E-state index in [0.717, 1.165) is 16.3 Å². The maximum Gasteiger partial charge on any atom is 0.239 e. The number of carbonyl (C=O) groups is 2. The van der Waals surface area contributed by atoms with Crippen molar-refractivity contribution < 1.29 is 9.59 Å². The van der Waals surface area contributed by atoms with Crippen LogP contribution in [-0.2, 0) is 9.59 Å². The maximum atomic E-state index is 13.4. The fourth-order valence-corrected chi connectivity index (χ4v) is 5.25. The van der Waals surface area contributed by atoms with Gasteiger partial charge in [-0.2, -0.15) is 0 Å². The lowest BCUT2D eigenvalue weighted by molar-refractivity contribution is -0.123. The van der Waals surface area contributed by atoms with E-state index in [9.17, 15) is 9.59 Å². The summed E-state index contributed by atoms with van der Waals surface area (Å²) in [6, 6.07) is 18.6. The van der Waals surface area contributed by atoms with E-state index < -0.39 is 11.8 Å². The molecule has 6 heteroatoms. The van der Waals surface area contributed by atoms with Gasteiger partial charge in [0.2, 0.25) is 11.8 Å². The molecule has 2 aromatic carbocycles. The lowest BCUT2D eigenvalue weighted by Gasteiger charge is -2.22. The number of anilines is 1. The van der Waals surface area contributed by atoms with Crippen LogP contribution in [0.1, 0.15) is 28.3 Å². The first-order chi connectivity index (χ1) is 13.6. The van der Waals surface area contributed by atoms with E-state index in [1.165, 1.54) is 16.2 Å². The molecule has 5 rings (SSSR count). The fraction of sp³-hybridized carbons (Fsp3) is 0.227. The molecule has 5 nitrogen and oxygen atoms in total. The number of aryl methyl sites for hydroxylation is 1. The Balaban J connectivity index is 1.61. The van der Waals surface area contributed by atoms with Crippen molar-refractivity contribution in [2.24, 2.45) is 11.8 Å². The summed E-state index contributed by atoms with van der Waals surface area (Å²) in [6.45, 7) is 1.94. The fourth-order valence-electron chi connectivity index (χ4n) is 4.35. The van der Waals surface area contributed by atoms with Crippen molar-refractivity contribution in [3.8, 4) is 0 Å². The third-order valence-electron chi connectivity index (χ3n) is 5.55. The van der Waals surface area contributed by atoms with Crippen LogP contribution in [0.5, 0.6) is 0 Å². The number of para-hydroxylation sites is 1. The average molecular weight is 389 g/mol. The van der Waals surface area contributed by atoms with E-state index in [4.69, 9.17) is 0 Å². The Labute approximate surface area is 167 Å². The molecule has 3 aromatic rings. The Morgan fingerprint density at radius 2 is 1.50 bits per heavy atom. The van der Waals surface area contributed by atoms with Gasteiger partial charge in [-0.25, -0.2) is 9.88 Å². The highest BCUT2D eigenvalue weighted by Gasteiger charge is 2.60. The molecule has 2 fully saturated rings. The molecule has 140 valence electrons. The molecule has 2 aliphatic heterocycles. The minimum atomic E-state index is -0.455. The summed E-state index contributed by atoms with van der Waals surface area (Å²) in [5.74, 6) is -1.18. The van der Waals surface area contributed by atoms with E-state index in [0.29, 0.717) is 5.69 Å². The Morgan fingerprint density at radius 1 is 0.893 bits per heavy atom. The van der Waals surface area contributed by atoms with Crippen molar-refractivity contribution >= 4 is 28.8 Å². The first-order valence-corrected chi connectivity index (χ1v) is 10.2. The number of imide groups is 1. The zero-order valence-electron chi connectivity index (χ0n) is 15.3. The van der Waals surface area contributed by atoms with Crippen molar-refractivity contribution in [3.63, 3.8) is 0 Å². The Hall–Kier alpha value is -2.83. The van der Waals surface area contributed by atoms with Gasteiger partial charge in [-0.3, -0.25) is 14.9 Å². The Kier molecular flexibility index (Phi) is 4.10. The number of fused-ring (bicyclic) bond motifs is 1. The summed E-state index contributed by atoms with van der Waals surface area (Å²) < 4.78 is 0. The number of hydrogen-bond donors (Lipinski definition) is 1. The highest BCUT2D eigenvalue weighted by Crippen LogP contribution is 2.50. The van der Waals surface area contributed by atoms with Gasteiger partial charge in [0.1, 0.15) is 5.01 Å². The summed E-state index contributed by atoms with van der Waals surface area (Å²) in [6.07, 6.45) is 0. The van der Waals surface area contributed by atoms with Gasteiger partial charge in [-0.1, -0.05) is 48.5 Å². The van der Waals surface area contributed by atoms with Crippen LogP contribution in [0.25, 0.3) is 0 Å². The number of hydrogen-bond acceptors (Lipinski definition) is 5. The van der Waals surface area contributed by atoms with Crippen LogP contribution in [0.15, 0.2) is 66.0 Å². The van der Waals surface area contributed by atoms with Gasteiger partial charge in [0, 0.05) is 17.1 Å². The third kappa shape index (κ3) is 2.60. The number of carbonyl (C=O) groups excluding carboxylic acids is 2. The molecule has 1 N–H and O–H groups in total. The van der Waals surface area contributed by atoms with Gasteiger partial charge in [-0.05, 0) is 24.6 Å². The molecule has 2 saturated heterocycles. The largest absolute Gasteiger partial charge is 0.300 e. The van der Waals surface area contributed by atoms with Gasteiger partial charge < -0.3 is 0 Å². The molecule has 3 heterocycles. The van der Waals surface area contributed by atoms with Crippen LogP contribution in [0.4, 0.5) is 5.69 Å². The molecule has 0 radical (unpaired) electrons. The van der Waals surface area contributed by atoms with Gasteiger partial charge in [0.05, 0.1) is 23.6 Å². The molecule has 0 unspecified atom stereocenters. The van der Waals surface area contributed by atoms with Gasteiger partial charge >= 0.3 is 0 Å². The van der Waals surface area contributed by atoms with Crippen LogP contribution in [0.3, 0.4) is 0 Å². The Bertz CT molecular complexity index is 1030. The lowest BCUT2D eigenvalue weighted by atomic mass is 9.86. The number of amides is 2. The molecule has 2 amide bonds. The molecule has 0 saturated carbocycles. The van der Waals surface area contributed by atoms with Crippen LogP contribution in [0, 0.1) is 18.8 Å². The predicted octanol–water partition coefficient (Wildman–Crippen LogP) is 3.64. The summed E-state index contributed by atoms with van der Waals surface area (Å²) in [4.78, 5) is 32.8. The quantitative estimate of drug-likeness (QED) is 0.695. The van der Waals surface area contributed by atoms with Crippen LogP contribution in [0.2, 0.25) is 0 Å². The SMILES string of the molecule is Cc1csc([C@H]2N[C@@H](c3ccccc3)[C@@H]3C(=O)N(c4ccccc4)C(=O)[C@@H]32)n1. The molecule has 2 aliphatic rings. The van der Waals surface area contributed by atoms with Crippen LogP contribution in [-0.4, -0.2) is 16.8 Å². The van der Waals surface area contributed by atoms with Crippen molar-refractivity contribution in [2.75, 3.05) is 4.90 Å². The third-order valence-corrected chi connectivity index (χ3v) is 6.60. The second-order valence-corrected chi connectivity index (χ2v) is 8.15. The predicted molar refractivity (Wildman–Crippen MR) is 108 cm³/mol. The summed E-state index contributed by atoms with van der Waals surface area (Å²) in [7, 11) is 0. The van der Waals surface area contributed by atoms with Gasteiger partial charge in [-0.15, -0.1) is 11.3 Å². The molecule has 28 heavy (non-hydrogen) atoms. The lowest BCUT2D eigenvalue weighted by Crippen LogP contribution is -2.36. The Morgan fingerprint density at radius 3 is 2.11 bits per heavy atom. The molecule has 4 atom stereocenters. The van der Waals surface area contributed by atoms with Gasteiger partial charge in [0.15, 0.2) is 0 Å². The average Bonchev–Trinajstić information content (AvgIpc) is 3.39. The van der Waals surface area contributed by atoms with E-state index in [1.807, 2.05) is 73.0 Å². The smallest absolute Gasteiger partial charge is 0.239 e. The van der Waals surface area contributed by atoms with E-state index in [-0.39, 0.29) is 23.9 Å². The highest BCUT2D eigenvalue weighted by molar-refractivity contribution is 7.09. The summed E-state index contributed by atoms with van der Waals surface area (Å²) in [5, 5.41) is 6.40. The molecule has 0 aliphatic carbocycles. The molecular formula is C22H19N3O2S. The number of benzene rings is 2. The molecular weight excluding hydrogens is 370 g/mol. The minimum absolute atomic E-state index is 0.140. The summed E-state index contributed by atoms with van der Waals surface area (Å²) >= 11 is 1.54. The van der Waals surface area contributed by atoms with Crippen molar-refractivity contribution in [1.29, 1.82) is 0 Å². The second-order valence-electron chi connectivity index (χ2n) is 7.26. The second kappa shape index (κ2) is 6.65. The van der Waals surface area contributed by atoms with Crippen molar-refractivity contribution in [2.45, 2.75) is 19.0 Å². The molecule has 0 bridgehead atoms.